The zero-order valence-electron chi connectivity index (χ0n) is 15.2. The fraction of sp³-hybridized carbons (Fsp3) is 0.650. The molecule has 1 amide bonds. The Morgan fingerprint density at radius 1 is 1.17 bits per heavy atom. The number of aliphatic hydroxyl groups is 1. The van der Waals surface area contributed by atoms with Gasteiger partial charge in [-0.15, -0.1) is 0 Å². The Morgan fingerprint density at radius 2 is 1.88 bits per heavy atom. The van der Waals surface area contributed by atoms with Crippen LogP contribution in [-0.2, 0) is 11.2 Å². The van der Waals surface area contributed by atoms with E-state index in [-0.39, 0.29) is 11.3 Å². The number of anilines is 1. The molecule has 2 aliphatic heterocycles. The number of rotatable bonds is 3. The number of aryl methyl sites for hydroxylation is 1. The molecule has 24 heavy (non-hydrogen) atoms. The molecule has 4 heteroatoms. The molecule has 4 nitrogen and oxygen atoms in total. The first-order valence-corrected chi connectivity index (χ1v) is 9.21. The Bertz CT molecular complexity index is 600. The van der Waals surface area contributed by atoms with Crippen molar-refractivity contribution in [1.82, 2.24) is 4.90 Å². The second-order valence-corrected chi connectivity index (χ2v) is 8.22. The molecule has 1 fully saturated rings. The molecule has 1 N–H and O–H groups in total. The van der Waals surface area contributed by atoms with E-state index in [2.05, 4.69) is 11.0 Å². The van der Waals surface area contributed by atoms with Gasteiger partial charge in [-0.1, -0.05) is 32.9 Å². The van der Waals surface area contributed by atoms with Crippen LogP contribution >= 0.6 is 0 Å². The van der Waals surface area contributed by atoms with Gasteiger partial charge in [0.15, 0.2) is 0 Å². The van der Waals surface area contributed by atoms with Gasteiger partial charge in [0.25, 0.3) is 0 Å². The monoisotopic (exact) mass is 330 g/mol. The van der Waals surface area contributed by atoms with Crippen LogP contribution in [-0.4, -0.2) is 42.1 Å². The molecular formula is C20H30N2O2. The Kier molecular flexibility index (Phi) is 4.97. The summed E-state index contributed by atoms with van der Waals surface area (Å²) in [5.74, 6) is 0.175. The molecule has 1 saturated heterocycles. The van der Waals surface area contributed by atoms with Crippen molar-refractivity contribution < 1.29 is 9.90 Å². The Labute approximate surface area is 145 Å². The molecule has 1 atom stereocenters. The number of carbonyl (C=O) groups is 1. The van der Waals surface area contributed by atoms with Gasteiger partial charge in [-0.2, -0.15) is 0 Å². The number of hydrogen-bond donors (Lipinski definition) is 1. The summed E-state index contributed by atoms with van der Waals surface area (Å²) in [7, 11) is 0. The highest BCUT2D eigenvalue weighted by molar-refractivity contribution is 5.98. The van der Waals surface area contributed by atoms with Crippen LogP contribution in [0.1, 0.15) is 57.3 Å². The summed E-state index contributed by atoms with van der Waals surface area (Å²) in [6.07, 6.45) is 4.00. The summed E-state index contributed by atoms with van der Waals surface area (Å²) in [4.78, 5) is 17.0. The van der Waals surface area contributed by atoms with Crippen molar-refractivity contribution in [1.29, 1.82) is 0 Å². The fourth-order valence-electron chi connectivity index (χ4n) is 3.76. The number of hydrogen-bond acceptors (Lipinski definition) is 3. The van der Waals surface area contributed by atoms with Crippen molar-refractivity contribution in [2.45, 2.75) is 52.6 Å². The van der Waals surface area contributed by atoms with Crippen LogP contribution in [0.5, 0.6) is 0 Å². The van der Waals surface area contributed by atoms with Gasteiger partial charge in [0.2, 0.25) is 5.91 Å². The molecule has 3 rings (SSSR count). The smallest absolute Gasteiger partial charge is 0.232 e. The number of likely N-dealkylation sites (tertiary alicyclic amines) is 1. The van der Waals surface area contributed by atoms with E-state index in [1.807, 2.05) is 37.8 Å². The van der Waals surface area contributed by atoms with E-state index in [0.29, 0.717) is 6.54 Å². The van der Waals surface area contributed by atoms with Crippen LogP contribution in [0, 0.1) is 5.41 Å². The van der Waals surface area contributed by atoms with Crippen LogP contribution < -0.4 is 4.90 Å². The molecule has 132 valence electrons. The fourth-order valence-corrected chi connectivity index (χ4v) is 3.76. The Balaban J connectivity index is 1.78. The van der Waals surface area contributed by atoms with Gasteiger partial charge in [-0.25, -0.2) is 0 Å². The quantitative estimate of drug-likeness (QED) is 0.926. The Hall–Kier alpha value is -1.39. The van der Waals surface area contributed by atoms with Crippen LogP contribution in [0.25, 0.3) is 0 Å². The van der Waals surface area contributed by atoms with Crippen molar-refractivity contribution >= 4 is 11.6 Å². The van der Waals surface area contributed by atoms with Crippen molar-refractivity contribution in [2.75, 3.05) is 31.1 Å². The maximum atomic E-state index is 12.7. The SMILES string of the molecule is CC(C)(C)C(=O)N1CCCc2cc([C@@H](O)CN3CCCC3)ccc21. The standard InChI is InChI=1S/C20H30N2O2/c1-20(2,3)19(24)22-12-6-7-15-13-16(8-9-17(15)22)18(23)14-21-10-4-5-11-21/h8-9,13,18,23H,4-7,10-12,14H2,1-3H3/t18-/m0/s1. The minimum Gasteiger partial charge on any atom is -0.387 e. The first-order chi connectivity index (χ1) is 11.4. The molecule has 0 unspecified atom stereocenters. The minimum absolute atomic E-state index is 0.175. The minimum atomic E-state index is -0.443. The molecule has 2 heterocycles. The van der Waals surface area contributed by atoms with E-state index in [9.17, 15) is 9.90 Å². The number of carbonyl (C=O) groups excluding carboxylic acids is 1. The van der Waals surface area contributed by atoms with E-state index in [1.54, 1.807) is 0 Å². The molecule has 0 radical (unpaired) electrons. The highest BCUT2D eigenvalue weighted by Gasteiger charge is 2.31. The predicted molar refractivity (Wildman–Crippen MR) is 97.2 cm³/mol. The van der Waals surface area contributed by atoms with E-state index < -0.39 is 6.10 Å². The maximum absolute atomic E-state index is 12.7. The molecule has 1 aromatic carbocycles. The topological polar surface area (TPSA) is 43.8 Å². The molecule has 2 aliphatic rings. The first kappa shape index (κ1) is 17.4. The normalized spacial score (nSPS) is 20.1. The average Bonchev–Trinajstić information content (AvgIpc) is 3.05. The number of fused-ring (bicyclic) bond motifs is 1. The zero-order valence-corrected chi connectivity index (χ0v) is 15.2. The molecule has 0 aliphatic carbocycles. The maximum Gasteiger partial charge on any atom is 0.232 e. The zero-order chi connectivity index (χ0) is 17.3. The summed E-state index contributed by atoms with van der Waals surface area (Å²) in [6, 6.07) is 6.13. The number of aliphatic hydroxyl groups excluding tert-OH is 1. The summed E-state index contributed by atoms with van der Waals surface area (Å²) in [5, 5.41) is 10.6. The molecule has 0 bridgehead atoms. The molecule has 0 saturated carbocycles. The van der Waals surface area contributed by atoms with Crippen LogP contribution in [0.4, 0.5) is 5.69 Å². The lowest BCUT2D eigenvalue weighted by molar-refractivity contribution is -0.125. The lowest BCUT2D eigenvalue weighted by Crippen LogP contribution is -2.42. The molecule has 0 aromatic heterocycles. The molecule has 0 spiro atoms. The van der Waals surface area contributed by atoms with E-state index in [4.69, 9.17) is 0 Å². The second-order valence-electron chi connectivity index (χ2n) is 8.22. The van der Waals surface area contributed by atoms with Crippen molar-refractivity contribution in [2.24, 2.45) is 5.41 Å². The van der Waals surface area contributed by atoms with E-state index in [0.717, 1.165) is 43.7 Å². The van der Waals surface area contributed by atoms with Crippen molar-refractivity contribution in [3.05, 3.63) is 29.3 Å². The summed E-state index contributed by atoms with van der Waals surface area (Å²) in [5.41, 5.74) is 2.82. The van der Waals surface area contributed by atoms with Crippen molar-refractivity contribution in [3.63, 3.8) is 0 Å². The van der Waals surface area contributed by atoms with Crippen LogP contribution in [0.2, 0.25) is 0 Å². The molecular weight excluding hydrogens is 300 g/mol. The van der Waals surface area contributed by atoms with E-state index in [1.165, 1.54) is 18.4 Å². The van der Waals surface area contributed by atoms with Gasteiger partial charge >= 0.3 is 0 Å². The lowest BCUT2D eigenvalue weighted by Gasteiger charge is -2.34. The highest BCUT2D eigenvalue weighted by atomic mass is 16.3. The number of β-amino-alcohol motifs (C(OH)–C–C–N with tert-alkyl or cyclic N) is 1. The predicted octanol–water partition coefficient (Wildman–Crippen LogP) is 3.14. The van der Waals surface area contributed by atoms with Gasteiger partial charge in [0.05, 0.1) is 6.10 Å². The highest BCUT2D eigenvalue weighted by Crippen LogP contribution is 2.33. The molecule has 1 aromatic rings. The van der Waals surface area contributed by atoms with Gasteiger partial charge in [-0.05, 0) is 56.0 Å². The van der Waals surface area contributed by atoms with Crippen LogP contribution in [0.15, 0.2) is 18.2 Å². The van der Waals surface area contributed by atoms with E-state index >= 15 is 0 Å². The third kappa shape index (κ3) is 3.65. The van der Waals surface area contributed by atoms with Gasteiger partial charge in [0, 0.05) is 24.2 Å². The summed E-state index contributed by atoms with van der Waals surface area (Å²) < 4.78 is 0. The van der Waals surface area contributed by atoms with Gasteiger partial charge in [-0.3, -0.25) is 4.79 Å². The largest absolute Gasteiger partial charge is 0.387 e. The number of benzene rings is 1. The lowest BCUT2D eigenvalue weighted by atomic mass is 9.91. The van der Waals surface area contributed by atoms with Crippen molar-refractivity contribution in [3.8, 4) is 0 Å². The third-order valence-corrected chi connectivity index (χ3v) is 5.12. The Morgan fingerprint density at radius 3 is 2.54 bits per heavy atom. The number of nitrogens with zero attached hydrogens (tertiary/aromatic N) is 2. The third-order valence-electron chi connectivity index (χ3n) is 5.12. The first-order valence-electron chi connectivity index (χ1n) is 9.21. The number of amides is 1. The summed E-state index contributed by atoms with van der Waals surface area (Å²) >= 11 is 0. The van der Waals surface area contributed by atoms with Crippen LogP contribution in [0.3, 0.4) is 0 Å². The van der Waals surface area contributed by atoms with Gasteiger partial charge < -0.3 is 14.9 Å². The average molecular weight is 330 g/mol. The summed E-state index contributed by atoms with van der Waals surface area (Å²) in [6.45, 7) is 9.60. The van der Waals surface area contributed by atoms with Gasteiger partial charge in [0.1, 0.15) is 0 Å². The second kappa shape index (κ2) is 6.85.